The monoisotopic (exact) mass is 369 g/mol. The Hall–Kier alpha value is -2.74. The van der Waals surface area contributed by atoms with Gasteiger partial charge in [-0.2, -0.15) is 5.10 Å². The summed E-state index contributed by atoms with van der Waals surface area (Å²) in [5, 5.41) is 4.52. The van der Waals surface area contributed by atoms with Crippen molar-refractivity contribution in [3.05, 3.63) is 47.0 Å². The van der Waals surface area contributed by atoms with E-state index in [1.54, 1.807) is 18.5 Å². The van der Waals surface area contributed by atoms with Crippen LogP contribution in [0.25, 0.3) is 11.3 Å². The number of hydrogen-bond donors (Lipinski definition) is 0. The number of hydrogen-bond acceptors (Lipinski definition) is 5. The van der Waals surface area contributed by atoms with Gasteiger partial charge in [-0.25, -0.2) is 9.48 Å². The first-order chi connectivity index (χ1) is 13.2. The lowest BCUT2D eigenvalue weighted by Crippen LogP contribution is -2.50. The lowest BCUT2D eigenvalue weighted by Gasteiger charge is -2.33. The summed E-state index contributed by atoms with van der Waals surface area (Å²) in [4.78, 5) is 32.9. The molecule has 2 aromatic heterocycles. The fourth-order valence-electron chi connectivity index (χ4n) is 3.67. The third-order valence-corrected chi connectivity index (χ3v) is 5.13. The van der Waals surface area contributed by atoms with Crippen molar-refractivity contribution in [1.29, 1.82) is 0 Å². The molecular formula is C19H23N5O3. The Labute approximate surface area is 157 Å². The molecule has 0 spiro atoms. The van der Waals surface area contributed by atoms with Crippen molar-refractivity contribution < 1.29 is 9.53 Å². The number of rotatable bonds is 3. The molecule has 0 saturated carbocycles. The molecule has 8 heteroatoms. The highest BCUT2D eigenvalue weighted by atomic mass is 16.5. The zero-order valence-corrected chi connectivity index (χ0v) is 15.2. The van der Waals surface area contributed by atoms with Crippen LogP contribution < -0.4 is 5.56 Å². The van der Waals surface area contributed by atoms with Gasteiger partial charge in [-0.15, -0.1) is 0 Å². The zero-order valence-electron chi connectivity index (χ0n) is 15.2. The Bertz CT molecular complexity index is 848. The van der Waals surface area contributed by atoms with Crippen LogP contribution in [0, 0.1) is 0 Å². The summed E-state index contributed by atoms with van der Waals surface area (Å²) in [6, 6.07) is 7.00. The normalized spacial score (nSPS) is 20.1. The van der Waals surface area contributed by atoms with Gasteiger partial charge >= 0.3 is 6.03 Å². The quantitative estimate of drug-likeness (QED) is 0.813. The number of urea groups is 1. The maximum atomic E-state index is 12.9. The molecule has 2 fully saturated rings. The van der Waals surface area contributed by atoms with Crippen LogP contribution in [-0.4, -0.2) is 69.5 Å². The van der Waals surface area contributed by atoms with Crippen LogP contribution in [0.3, 0.4) is 0 Å². The van der Waals surface area contributed by atoms with E-state index in [1.807, 2.05) is 21.9 Å². The van der Waals surface area contributed by atoms with Crippen LogP contribution in [0.2, 0.25) is 0 Å². The van der Waals surface area contributed by atoms with Crippen LogP contribution in [0.15, 0.2) is 41.5 Å². The van der Waals surface area contributed by atoms with E-state index >= 15 is 0 Å². The van der Waals surface area contributed by atoms with Crippen LogP contribution in [0.5, 0.6) is 0 Å². The molecule has 2 aromatic rings. The highest BCUT2D eigenvalue weighted by Gasteiger charge is 2.33. The molecule has 8 nitrogen and oxygen atoms in total. The smallest absolute Gasteiger partial charge is 0.320 e. The van der Waals surface area contributed by atoms with Crippen molar-refractivity contribution in [3.63, 3.8) is 0 Å². The highest BCUT2D eigenvalue weighted by Crippen LogP contribution is 2.21. The Balaban J connectivity index is 1.52. The summed E-state index contributed by atoms with van der Waals surface area (Å²) < 4.78 is 6.81. The van der Waals surface area contributed by atoms with Gasteiger partial charge in [0.25, 0.3) is 5.56 Å². The molecule has 0 bridgehead atoms. The molecule has 0 N–H and O–H groups in total. The van der Waals surface area contributed by atoms with Crippen LogP contribution in [-0.2, 0) is 11.3 Å². The molecule has 0 aromatic carbocycles. The van der Waals surface area contributed by atoms with Crippen molar-refractivity contribution in [1.82, 2.24) is 24.6 Å². The Kier molecular flexibility index (Phi) is 5.15. The molecule has 1 unspecified atom stereocenters. The summed E-state index contributed by atoms with van der Waals surface area (Å²) in [7, 11) is 0. The minimum atomic E-state index is -0.154. The Morgan fingerprint density at radius 1 is 1.11 bits per heavy atom. The van der Waals surface area contributed by atoms with Gasteiger partial charge in [-0.3, -0.25) is 9.78 Å². The van der Waals surface area contributed by atoms with Crippen LogP contribution in [0.1, 0.15) is 12.8 Å². The van der Waals surface area contributed by atoms with Crippen molar-refractivity contribution in [2.24, 2.45) is 0 Å². The topological polar surface area (TPSA) is 80.6 Å². The van der Waals surface area contributed by atoms with Crippen LogP contribution in [0.4, 0.5) is 4.79 Å². The van der Waals surface area contributed by atoms with E-state index in [0.717, 1.165) is 30.6 Å². The molecule has 2 amide bonds. The molecular weight excluding hydrogens is 346 g/mol. The van der Waals surface area contributed by atoms with E-state index in [1.165, 1.54) is 10.7 Å². The number of likely N-dealkylation sites (tertiary alicyclic amines) is 1. The fourth-order valence-corrected chi connectivity index (χ4v) is 3.67. The Morgan fingerprint density at radius 2 is 1.89 bits per heavy atom. The van der Waals surface area contributed by atoms with Gasteiger partial charge in [0.1, 0.15) is 0 Å². The number of carbonyl (C=O) groups is 1. The summed E-state index contributed by atoms with van der Waals surface area (Å²) in [6.07, 6.45) is 5.22. The second-order valence-corrected chi connectivity index (χ2v) is 6.85. The average Bonchev–Trinajstić information content (AvgIpc) is 3.18. The molecule has 4 heterocycles. The van der Waals surface area contributed by atoms with Gasteiger partial charge < -0.3 is 14.5 Å². The molecule has 27 heavy (non-hydrogen) atoms. The minimum Gasteiger partial charge on any atom is -0.378 e. The summed E-state index contributed by atoms with van der Waals surface area (Å²) in [5.74, 6) is 0. The van der Waals surface area contributed by atoms with Gasteiger partial charge in [-0.1, -0.05) is 0 Å². The first-order valence-corrected chi connectivity index (χ1v) is 9.34. The third-order valence-electron chi connectivity index (χ3n) is 5.13. The van der Waals surface area contributed by atoms with Crippen molar-refractivity contribution >= 4 is 6.03 Å². The second kappa shape index (κ2) is 7.87. The number of pyridine rings is 1. The number of nitrogens with zero attached hydrogens (tertiary/aromatic N) is 5. The third kappa shape index (κ3) is 3.85. The molecule has 142 valence electrons. The SMILES string of the molecule is O=C(N1CCOCC1)N1CCCC1Cn1nc(-c2ccncc2)ccc1=O. The second-order valence-electron chi connectivity index (χ2n) is 6.85. The fraction of sp³-hybridized carbons (Fsp3) is 0.474. The summed E-state index contributed by atoms with van der Waals surface area (Å²) in [5.41, 5.74) is 1.48. The molecule has 2 aliphatic heterocycles. The van der Waals surface area contributed by atoms with Gasteiger partial charge in [-0.05, 0) is 31.0 Å². The largest absolute Gasteiger partial charge is 0.378 e. The molecule has 0 aliphatic carbocycles. The van der Waals surface area contributed by atoms with E-state index in [-0.39, 0.29) is 17.6 Å². The predicted molar refractivity (Wildman–Crippen MR) is 99.2 cm³/mol. The van der Waals surface area contributed by atoms with E-state index in [0.29, 0.717) is 32.8 Å². The number of aromatic nitrogens is 3. The summed E-state index contributed by atoms with van der Waals surface area (Å²) >= 11 is 0. The molecule has 1 atom stereocenters. The lowest BCUT2D eigenvalue weighted by atomic mass is 10.2. The number of carbonyl (C=O) groups excluding carboxylic acids is 1. The first kappa shape index (κ1) is 17.7. The molecule has 4 rings (SSSR count). The standard InChI is InChI=1S/C19H23N5O3/c25-18-4-3-17(15-5-7-20-8-6-15)21-24(18)14-16-2-1-9-23(16)19(26)22-10-12-27-13-11-22/h3-8,16H,1-2,9-14H2. The van der Waals surface area contributed by atoms with Gasteiger partial charge in [0.05, 0.1) is 31.5 Å². The number of morpholine rings is 1. The lowest BCUT2D eigenvalue weighted by molar-refractivity contribution is 0.0414. The predicted octanol–water partition coefficient (Wildman–Crippen LogP) is 1.22. The number of ether oxygens (including phenoxy) is 1. The van der Waals surface area contributed by atoms with Crippen molar-refractivity contribution in [2.75, 3.05) is 32.8 Å². The van der Waals surface area contributed by atoms with Gasteiger partial charge in [0.15, 0.2) is 0 Å². The van der Waals surface area contributed by atoms with Crippen LogP contribution >= 0.6 is 0 Å². The molecule has 2 saturated heterocycles. The van der Waals surface area contributed by atoms with E-state index in [9.17, 15) is 9.59 Å². The zero-order chi connectivity index (χ0) is 18.6. The van der Waals surface area contributed by atoms with Gasteiger partial charge in [0, 0.05) is 43.7 Å². The van der Waals surface area contributed by atoms with Crippen molar-refractivity contribution in [3.8, 4) is 11.3 Å². The first-order valence-electron chi connectivity index (χ1n) is 9.34. The maximum Gasteiger partial charge on any atom is 0.320 e. The number of amides is 2. The van der Waals surface area contributed by atoms with E-state index < -0.39 is 0 Å². The molecule has 0 radical (unpaired) electrons. The van der Waals surface area contributed by atoms with E-state index in [2.05, 4.69) is 10.1 Å². The maximum absolute atomic E-state index is 12.9. The molecule has 2 aliphatic rings. The summed E-state index contributed by atoms with van der Waals surface area (Å²) in [6.45, 7) is 3.54. The van der Waals surface area contributed by atoms with Crippen molar-refractivity contribution in [2.45, 2.75) is 25.4 Å². The van der Waals surface area contributed by atoms with Gasteiger partial charge in [0.2, 0.25) is 0 Å². The Morgan fingerprint density at radius 3 is 2.67 bits per heavy atom. The van der Waals surface area contributed by atoms with E-state index in [4.69, 9.17) is 4.74 Å². The average molecular weight is 369 g/mol. The highest BCUT2D eigenvalue weighted by molar-refractivity contribution is 5.75. The minimum absolute atomic E-state index is 0.0155.